The second kappa shape index (κ2) is 8.17. The van der Waals surface area contributed by atoms with Gasteiger partial charge in [0.2, 0.25) is 5.91 Å². The van der Waals surface area contributed by atoms with E-state index in [9.17, 15) is 9.59 Å². The van der Waals surface area contributed by atoms with Crippen LogP contribution in [0.3, 0.4) is 0 Å². The number of ether oxygens (including phenoxy) is 1. The predicted octanol–water partition coefficient (Wildman–Crippen LogP) is 4.47. The predicted molar refractivity (Wildman–Crippen MR) is 98.6 cm³/mol. The molecule has 0 aromatic heterocycles. The zero-order chi connectivity index (χ0) is 17.7. The van der Waals surface area contributed by atoms with Crippen LogP contribution in [0.5, 0.6) is 5.75 Å². The van der Waals surface area contributed by atoms with E-state index in [0.717, 1.165) is 0 Å². The van der Waals surface area contributed by atoms with Gasteiger partial charge in [0.05, 0.1) is 4.47 Å². The second-order valence-corrected chi connectivity index (χ2v) is 6.37. The average Bonchev–Trinajstić information content (AvgIpc) is 2.51. The molecule has 126 valence electrons. The minimum Gasteiger partial charge on any atom is -0.480 e. The molecule has 0 bridgehead atoms. The SMILES string of the molecule is CC(=O)Nc1ccc(NC(=O)[C@H](C)Oc2ccc(Cl)cc2Br)cc1. The number of anilines is 2. The molecule has 0 aliphatic carbocycles. The first kappa shape index (κ1) is 18.3. The molecular formula is C17H16BrClN2O3. The Kier molecular flexibility index (Phi) is 6.23. The maximum Gasteiger partial charge on any atom is 0.265 e. The largest absolute Gasteiger partial charge is 0.480 e. The Morgan fingerprint density at radius 1 is 1.08 bits per heavy atom. The Balaban J connectivity index is 1.97. The highest BCUT2D eigenvalue weighted by atomic mass is 79.9. The highest BCUT2D eigenvalue weighted by Gasteiger charge is 2.16. The van der Waals surface area contributed by atoms with E-state index in [1.165, 1.54) is 6.92 Å². The lowest BCUT2D eigenvalue weighted by Crippen LogP contribution is -2.30. The fourth-order valence-electron chi connectivity index (χ4n) is 1.90. The van der Waals surface area contributed by atoms with E-state index >= 15 is 0 Å². The molecule has 7 heteroatoms. The fraction of sp³-hybridized carbons (Fsp3) is 0.176. The number of halogens is 2. The second-order valence-electron chi connectivity index (χ2n) is 5.08. The quantitative estimate of drug-likeness (QED) is 0.763. The molecule has 0 aliphatic heterocycles. The van der Waals surface area contributed by atoms with Crippen molar-refractivity contribution in [1.82, 2.24) is 0 Å². The standard InChI is InChI=1S/C17H16BrClN2O3/c1-10(24-16-8-3-12(19)9-15(16)18)17(23)21-14-6-4-13(5-7-14)20-11(2)22/h3-10H,1-2H3,(H,20,22)(H,21,23)/t10-/m0/s1. The zero-order valence-corrected chi connectivity index (χ0v) is 15.4. The molecule has 0 saturated carbocycles. The van der Waals surface area contributed by atoms with E-state index in [2.05, 4.69) is 26.6 Å². The molecule has 0 radical (unpaired) electrons. The molecule has 2 amide bonds. The summed E-state index contributed by atoms with van der Waals surface area (Å²) in [5.41, 5.74) is 1.27. The molecule has 1 atom stereocenters. The summed E-state index contributed by atoms with van der Waals surface area (Å²) in [6.07, 6.45) is -0.697. The molecular weight excluding hydrogens is 396 g/mol. The number of hydrogen-bond donors (Lipinski definition) is 2. The molecule has 2 N–H and O–H groups in total. The van der Waals surface area contributed by atoms with Gasteiger partial charge in [-0.2, -0.15) is 0 Å². The van der Waals surface area contributed by atoms with Gasteiger partial charge in [0.25, 0.3) is 5.91 Å². The molecule has 0 fully saturated rings. The molecule has 0 saturated heterocycles. The Bertz CT molecular complexity index is 750. The fourth-order valence-corrected chi connectivity index (χ4v) is 2.67. The molecule has 2 rings (SSSR count). The Labute approximate surface area is 153 Å². The van der Waals surface area contributed by atoms with E-state index in [1.54, 1.807) is 49.4 Å². The molecule has 0 spiro atoms. The van der Waals surface area contributed by atoms with E-state index in [1.807, 2.05) is 0 Å². The summed E-state index contributed by atoms with van der Waals surface area (Å²) in [5.74, 6) is 0.0922. The number of rotatable bonds is 5. The number of carbonyl (C=O) groups excluding carboxylic acids is 2. The maximum atomic E-state index is 12.2. The lowest BCUT2D eigenvalue weighted by Gasteiger charge is -2.16. The lowest BCUT2D eigenvalue weighted by molar-refractivity contribution is -0.122. The van der Waals surface area contributed by atoms with Crippen molar-refractivity contribution in [2.45, 2.75) is 20.0 Å². The van der Waals surface area contributed by atoms with Gasteiger partial charge in [-0.1, -0.05) is 11.6 Å². The summed E-state index contributed by atoms with van der Waals surface area (Å²) in [7, 11) is 0. The number of amides is 2. The van der Waals surface area contributed by atoms with Crippen LogP contribution in [0.4, 0.5) is 11.4 Å². The number of hydrogen-bond acceptors (Lipinski definition) is 3. The van der Waals surface area contributed by atoms with E-state index in [4.69, 9.17) is 16.3 Å². The molecule has 5 nitrogen and oxygen atoms in total. The highest BCUT2D eigenvalue weighted by molar-refractivity contribution is 9.10. The monoisotopic (exact) mass is 410 g/mol. The lowest BCUT2D eigenvalue weighted by atomic mass is 10.2. The summed E-state index contributed by atoms with van der Waals surface area (Å²) in [6.45, 7) is 3.09. The van der Waals surface area contributed by atoms with Crippen molar-refractivity contribution in [3.05, 3.63) is 52.0 Å². The van der Waals surface area contributed by atoms with Gasteiger partial charge < -0.3 is 15.4 Å². The third-order valence-corrected chi connectivity index (χ3v) is 3.89. The average molecular weight is 412 g/mol. The first-order chi connectivity index (χ1) is 11.3. The Hall–Kier alpha value is -2.05. The minimum atomic E-state index is -0.697. The van der Waals surface area contributed by atoms with Gasteiger partial charge in [-0.05, 0) is 65.3 Å². The van der Waals surface area contributed by atoms with Crippen molar-refractivity contribution in [1.29, 1.82) is 0 Å². The smallest absolute Gasteiger partial charge is 0.265 e. The third kappa shape index (κ3) is 5.25. The van der Waals surface area contributed by atoms with Crippen molar-refractivity contribution < 1.29 is 14.3 Å². The zero-order valence-electron chi connectivity index (χ0n) is 13.1. The molecule has 24 heavy (non-hydrogen) atoms. The van der Waals surface area contributed by atoms with Crippen molar-refractivity contribution in [3.63, 3.8) is 0 Å². The molecule has 0 unspecified atom stereocenters. The van der Waals surface area contributed by atoms with Crippen LogP contribution < -0.4 is 15.4 Å². The van der Waals surface area contributed by atoms with E-state index < -0.39 is 6.10 Å². The number of nitrogens with one attached hydrogen (secondary N) is 2. The van der Waals surface area contributed by atoms with Crippen LogP contribution >= 0.6 is 27.5 Å². The summed E-state index contributed by atoms with van der Waals surface area (Å²) in [6, 6.07) is 11.9. The van der Waals surface area contributed by atoms with E-state index in [0.29, 0.717) is 26.6 Å². The van der Waals surface area contributed by atoms with Crippen molar-refractivity contribution >= 4 is 50.7 Å². The van der Waals surface area contributed by atoms with Gasteiger partial charge in [-0.3, -0.25) is 9.59 Å². The Morgan fingerprint density at radius 2 is 1.67 bits per heavy atom. The highest BCUT2D eigenvalue weighted by Crippen LogP contribution is 2.28. The van der Waals surface area contributed by atoms with Gasteiger partial charge >= 0.3 is 0 Å². The van der Waals surface area contributed by atoms with Gasteiger partial charge in [0.15, 0.2) is 6.10 Å². The first-order valence-corrected chi connectivity index (χ1v) is 8.32. The van der Waals surface area contributed by atoms with E-state index in [-0.39, 0.29) is 11.8 Å². The van der Waals surface area contributed by atoms with Gasteiger partial charge in [-0.15, -0.1) is 0 Å². The van der Waals surface area contributed by atoms with Crippen molar-refractivity contribution in [2.75, 3.05) is 10.6 Å². The summed E-state index contributed by atoms with van der Waals surface area (Å²) in [4.78, 5) is 23.2. The van der Waals surface area contributed by atoms with Gasteiger partial charge in [0.1, 0.15) is 5.75 Å². The topological polar surface area (TPSA) is 67.4 Å². The summed E-state index contributed by atoms with van der Waals surface area (Å²) < 4.78 is 6.31. The van der Waals surface area contributed by atoms with Crippen molar-refractivity contribution in [3.8, 4) is 5.75 Å². The number of carbonyl (C=O) groups is 2. The van der Waals surface area contributed by atoms with Crippen LogP contribution in [0.2, 0.25) is 5.02 Å². The van der Waals surface area contributed by atoms with Crippen LogP contribution in [0, 0.1) is 0 Å². The van der Waals surface area contributed by atoms with Crippen LogP contribution in [-0.4, -0.2) is 17.9 Å². The van der Waals surface area contributed by atoms with Crippen molar-refractivity contribution in [2.24, 2.45) is 0 Å². The van der Waals surface area contributed by atoms with Gasteiger partial charge in [-0.25, -0.2) is 0 Å². The molecule has 0 heterocycles. The van der Waals surface area contributed by atoms with Crippen LogP contribution in [0.15, 0.2) is 46.9 Å². The first-order valence-electron chi connectivity index (χ1n) is 7.15. The maximum absolute atomic E-state index is 12.2. The van der Waals surface area contributed by atoms with Gasteiger partial charge in [0, 0.05) is 23.3 Å². The normalized spacial score (nSPS) is 11.5. The summed E-state index contributed by atoms with van der Waals surface area (Å²) in [5, 5.41) is 5.99. The molecule has 2 aromatic rings. The Morgan fingerprint density at radius 3 is 2.21 bits per heavy atom. The summed E-state index contributed by atoms with van der Waals surface area (Å²) >= 11 is 9.22. The van der Waals surface area contributed by atoms with Crippen LogP contribution in [0.25, 0.3) is 0 Å². The minimum absolute atomic E-state index is 0.151. The molecule has 2 aromatic carbocycles. The third-order valence-electron chi connectivity index (χ3n) is 3.04. The molecule has 0 aliphatic rings. The number of benzene rings is 2. The van der Waals surface area contributed by atoms with Crippen LogP contribution in [-0.2, 0) is 9.59 Å². The van der Waals surface area contributed by atoms with Crippen LogP contribution in [0.1, 0.15) is 13.8 Å².